The van der Waals surface area contributed by atoms with E-state index in [2.05, 4.69) is 34.6 Å². The van der Waals surface area contributed by atoms with Gasteiger partial charge in [0.1, 0.15) is 17.1 Å². The van der Waals surface area contributed by atoms with Crippen molar-refractivity contribution in [2.75, 3.05) is 0 Å². The van der Waals surface area contributed by atoms with Crippen molar-refractivity contribution >= 4 is 0 Å². The Balaban J connectivity index is 0.00000450. The zero-order valence-corrected chi connectivity index (χ0v) is 23.7. The minimum absolute atomic E-state index is 0. The van der Waals surface area contributed by atoms with Gasteiger partial charge in [-0.05, 0) is 81.9 Å². The summed E-state index contributed by atoms with van der Waals surface area (Å²) < 4.78 is 6.60. The molecule has 2 nitrogen and oxygen atoms in total. The summed E-state index contributed by atoms with van der Waals surface area (Å²) >= 11 is 0. The van der Waals surface area contributed by atoms with Crippen LogP contribution in [0.3, 0.4) is 0 Å². The van der Waals surface area contributed by atoms with Gasteiger partial charge in [0, 0.05) is 38.3 Å². The average molecular weight is 492 g/mol. The molecule has 0 aliphatic carbocycles. The maximum Gasteiger partial charge on any atom is 0.127 e. The fraction of sp³-hybridized carbons (Fsp3) is 0.778. The number of ether oxygens (including phenoxy) is 1. The van der Waals surface area contributed by atoms with Crippen LogP contribution in [0, 0.1) is 32.6 Å². The largest absolute Gasteiger partial charge is 0.507 e. The quantitative estimate of drug-likeness (QED) is 0.316. The summed E-state index contributed by atoms with van der Waals surface area (Å²) in [6.45, 7) is 15.5. The summed E-state index contributed by atoms with van der Waals surface area (Å²) in [5.74, 6) is 3.12. The van der Waals surface area contributed by atoms with Gasteiger partial charge >= 0.3 is 0 Å². The predicted octanol–water partition coefficient (Wildman–Crippen LogP) is 8.20. The van der Waals surface area contributed by atoms with Gasteiger partial charge in [-0.3, -0.25) is 0 Å². The van der Waals surface area contributed by atoms with Crippen LogP contribution in [0.15, 0.2) is 0 Å². The van der Waals surface area contributed by atoms with Crippen molar-refractivity contribution in [3.05, 3.63) is 22.3 Å². The van der Waals surface area contributed by atoms with E-state index in [1.54, 1.807) is 0 Å². The summed E-state index contributed by atoms with van der Waals surface area (Å²) in [5.41, 5.74) is 4.23. The molecule has 1 aliphatic heterocycles. The van der Waals surface area contributed by atoms with E-state index in [1.165, 1.54) is 56.9 Å². The zero-order chi connectivity index (χ0) is 21.6. The molecule has 3 heteroatoms. The molecule has 0 bridgehead atoms. The molecule has 0 saturated heterocycles. The Labute approximate surface area is 211 Å². The normalized spacial score (nSPS) is 19.2. The minimum Gasteiger partial charge on any atom is -0.507 e. The molecule has 2 rings (SSSR count). The Morgan fingerprint density at radius 3 is 2.10 bits per heavy atom. The number of hydrogen-bond acceptors (Lipinski definition) is 2. The van der Waals surface area contributed by atoms with Gasteiger partial charge in [-0.25, -0.2) is 0 Å². The first kappa shape index (κ1) is 28.0. The maximum atomic E-state index is 10.4. The number of benzene rings is 1. The second kappa shape index (κ2) is 12.8. The standard InChI is InChI=1S/C27H46O2.Y/c1-19(2)13-11-9-8-10-12-14-20(3)15-17-27(7)18-16-24-23(6)25(28)21(4)22(5)26(24)29-27;/h19-20,28H,8-18H2,1-7H3;/t20-,27?;/m1./s1. The van der Waals surface area contributed by atoms with Gasteiger partial charge in [0.15, 0.2) is 0 Å². The second-order valence-electron chi connectivity index (χ2n) is 10.5. The Morgan fingerprint density at radius 1 is 0.867 bits per heavy atom. The monoisotopic (exact) mass is 491 g/mol. The zero-order valence-electron chi connectivity index (χ0n) is 20.9. The van der Waals surface area contributed by atoms with Crippen LogP contribution in [-0.2, 0) is 39.1 Å². The third kappa shape index (κ3) is 7.81. The number of unbranched alkanes of at least 4 members (excludes halogenated alkanes) is 4. The Kier molecular flexibility index (Phi) is 12.0. The summed E-state index contributed by atoms with van der Waals surface area (Å²) in [4.78, 5) is 0. The molecule has 169 valence electrons. The summed E-state index contributed by atoms with van der Waals surface area (Å²) in [6.07, 6.45) is 14.1. The maximum absolute atomic E-state index is 10.4. The van der Waals surface area contributed by atoms with Gasteiger partial charge in [0.25, 0.3) is 0 Å². The molecule has 1 heterocycles. The molecule has 0 fully saturated rings. The number of rotatable bonds is 11. The molecule has 0 amide bonds. The third-order valence-corrected chi connectivity index (χ3v) is 7.24. The summed E-state index contributed by atoms with van der Waals surface area (Å²) in [6, 6.07) is 0. The molecular weight excluding hydrogens is 445 g/mol. The summed E-state index contributed by atoms with van der Waals surface area (Å²) in [7, 11) is 0. The average Bonchev–Trinajstić information content (AvgIpc) is 2.68. The van der Waals surface area contributed by atoms with Gasteiger partial charge in [0.05, 0.1) is 0 Å². The topological polar surface area (TPSA) is 29.5 Å². The SMILES string of the molecule is Cc1c(C)c2c(c(C)c1O)CCC(C)(CC[C@H](C)CCCCCCCC(C)C)O2.[Y]. The molecule has 1 unspecified atom stereocenters. The molecule has 1 aliphatic rings. The third-order valence-electron chi connectivity index (χ3n) is 7.24. The predicted molar refractivity (Wildman–Crippen MR) is 125 cm³/mol. The van der Waals surface area contributed by atoms with Crippen molar-refractivity contribution in [2.24, 2.45) is 11.8 Å². The van der Waals surface area contributed by atoms with Crippen LogP contribution in [0.25, 0.3) is 0 Å². The van der Waals surface area contributed by atoms with E-state index >= 15 is 0 Å². The van der Waals surface area contributed by atoms with E-state index in [4.69, 9.17) is 4.74 Å². The van der Waals surface area contributed by atoms with Gasteiger partial charge in [-0.1, -0.05) is 65.7 Å². The van der Waals surface area contributed by atoms with E-state index in [0.29, 0.717) is 5.75 Å². The minimum atomic E-state index is -0.0707. The first-order valence-corrected chi connectivity index (χ1v) is 12.1. The van der Waals surface area contributed by atoms with Crippen molar-refractivity contribution in [1.29, 1.82) is 0 Å². The fourth-order valence-electron chi connectivity index (χ4n) is 4.74. The van der Waals surface area contributed by atoms with Crippen molar-refractivity contribution in [2.45, 2.75) is 125 Å². The molecule has 2 atom stereocenters. The van der Waals surface area contributed by atoms with Gasteiger partial charge in [-0.2, -0.15) is 0 Å². The molecule has 1 radical (unpaired) electrons. The Morgan fingerprint density at radius 2 is 1.47 bits per heavy atom. The van der Waals surface area contributed by atoms with Crippen LogP contribution in [-0.4, -0.2) is 10.7 Å². The number of aromatic hydroxyl groups is 1. The fourth-order valence-corrected chi connectivity index (χ4v) is 4.74. The van der Waals surface area contributed by atoms with Crippen molar-refractivity contribution in [1.82, 2.24) is 0 Å². The van der Waals surface area contributed by atoms with E-state index < -0.39 is 0 Å². The smallest absolute Gasteiger partial charge is 0.127 e. The Bertz CT molecular complexity index is 668. The first-order valence-electron chi connectivity index (χ1n) is 12.1. The molecular formula is C27H46O2Y. The van der Waals surface area contributed by atoms with E-state index in [1.807, 2.05) is 13.8 Å². The molecule has 1 aromatic rings. The van der Waals surface area contributed by atoms with Crippen LogP contribution >= 0.6 is 0 Å². The van der Waals surface area contributed by atoms with Crippen molar-refractivity contribution < 1.29 is 42.6 Å². The number of phenols is 1. The van der Waals surface area contributed by atoms with E-state index in [0.717, 1.165) is 53.5 Å². The molecule has 0 aromatic heterocycles. The van der Waals surface area contributed by atoms with E-state index in [-0.39, 0.29) is 38.3 Å². The Hall–Kier alpha value is -0.0761. The van der Waals surface area contributed by atoms with Gasteiger partial charge in [0.2, 0.25) is 0 Å². The molecule has 1 aromatic carbocycles. The van der Waals surface area contributed by atoms with Crippen LogP contribution < -0.4 is 4.74 Å². The van der Waals surface area contributed by atoms with Gasteiger partial charge < -0.3 is 9.84 Å². The number of phenolic OH excluding ortho intramolecular Hbond substituents is 1. The first-order chi connectivity index (χ1) is 13.6. The van der Waals surface area contributed by atoms with Gasteiger partial charge in [-0.15, -0.1) is 0 Å². The van der Waals surface area contributed by atoms with Crippen LogP contribution in [0.1, 0.15) is 114 Å². The van der Waals surface area contributed by atoms with Crippen molar-refractivity contribution in [3.8, 4) is 11.5 Å². The molecule has 0 spiro atoms. The van der Waals surface area contributed by atoms with Crippen LogP contribution in [0.4, 0.5) is 0 Å². The molecule has 1 N–H and O–H groups in total. The summed E-state index contributed by atoms with van der Waals surface area (Å²) in [5, 5.41) is 10.4. The molecule has 0 saturated carbocycles. The van der Waals surface area contributed by atoms with Crippen molar-refractivity contribution in [3.63, 3.8) is 0 Å². The van der Waals surface area contributed by atoms with Crippen LogP contribution in [0.5, 0.6) is 11.5 Å². The number of hydrogen-bond donors (Lipinski definition) is 1. The number of fused-ring (bicyclic) bond motifs is 1. The molecule has 30 heavy (non-hydrogen) atoms. The van der Waals surface area contributed by atoms with Crippen LogP contribution in [0.2, 0.25) is 0 Å². The second-order valence-corrected chi connectivity index (χ2v) is 10.5. The van der Waals surface area contributed by atoms with E-state index in [9.17, 15) is 5.11 Å².